The van der Waals surface area contributed by atoms with Crippen LogP contribution in [-0.2, 0) is 11.3 Å². The number of fused-ring (bicyclic) bond motifs is 1. The van der Waals surface area contributed by atoms with Crippen LogP contribution in [0.1, 0.15) is 22.9 Å². The number of carboxylic acid groups (broad SMARTS) is 1. The Kier molecular flexibility index (Phi) is 3.98. The van der Waals surface area contributed by atoms with Crippen LogP contribution in [0.15, 0.2) is 42.0 Å². The number of hydrogen-bond donors (Lipinski definition) is 3. The maximum Gasteiger partial charge on any atom is 0.305 e. The van der Waals surface area contributed by atoms with E-state index in [9.17, 15) is 4.79 Å². The maximum atomic E-state index is 11.0. The zero-order valence-corrected chi connectivity index (χ0v) is 12.1. The molecule has 108 valence electrons. The molecule has 0 aliphatic carbocycles. The van der Waals surface area contributed by atoms with Gasteiger partial charge in [-0.2, -0.15) is 0 Å². The van der Waals surface area contributed by atoms with Gasteiger partial charge in [-0.15, -0.1) is 11.3 Å². The van der Waals surface area contributed by atoms with Crippen molar-refractivity contribution in [2.75, 3.05) is 0 Å². The first-order valence-corrected chi connectivity index (χ1v) is 7.51. The van der Waals surface area contributed by atoms with Gasteiger partial charge in [0.25, 0.3) is 0 Å². The molecule has 3 rings (SSSR count). The first-order chi connectivity index (χ1) is 10.2. The standard InChI is InChI=1S/C15H15N3O2S/c19-14(20)7-12(13-4-2-6-21-13)17-8-10-9-18-15-11(10)3-1-5-16-15/h1-6,9,12,17H,7-8H2,(H,16,18)(H,19,20). The van der Waals surface area contributed by atoms with Crippen LogP contribution in [0.5, 0.6) is 0 Å². The SMILES string of the molecule is O=C(O)CC(NCc1c[nH]c2ncccc12)c1cccs1. The fraction of sp³-hybridized carbons (Fsp3) is 0.200. The van der Waals surface area contributed by atoms with E-state index in [1.807, 2.05) is 35.8 Å². The zero-order chi connectivity index (χ0) is 14.7. The third kappa shape index (κ3) is 3.12. The quantitative estimate of drug-likeness (QED) is 0.654. The number of aromatic amines is 1. The summed E-state index contributed by atoms with van der Waals surface area (Å²) in [6, 6.07) is 7.62. The number of nitrogens with one attached hydrogen (secondary N) is 2. The largest absolute Gasteiger partial charge is 0.481 e. The number of nitrogens with zero attached hydrogens (tertiary/aromatic N) is 1. The van der Waals surface area contributed by atoms with Crippen LogP contribution in [0.2, 0.25) is 0 Å². The third-order valence-electron chi connectivity index (χ3n) is 3.34. The molecule has 0 spiro atoms. The number of H-pyrrole nitrogens is 1. The predicted molar refractivity (Wildman–Crippen MR) is 82.2 cm³/mol. The predicted octanol–water partition coefficient (Wildman–Crippen LogP) is 2.93. The van der Waals surface area contributed by atoms with Crippen molar-refractivity contribution in [3.05, 3.63) is 52.5 Å². The molecule has 0 amide bonds. The van der Waals surface area contributed by atoms with Crippen molar-refractivity contribution in [3.63, 3.8) is 0 Å². The van der Waals surface area contributed by atoms with E-state index in [4.69, 9.17) is 5.11 Å². The average Bonchev–Trinajstić information content (AvgIpc) is 3.13. The highest BCUT2D eigenvalue weighted by Gasteiger charge is 2.16. The first kappa shape index (κ1) is 13.8. The fourth-order valence-electron chi connectivity index (χ4n) is 2.33. The van der Waals surface area contributed by atoms with Crippen LogP contribution in [0.25, 0.3) is 11.0 Å². The van der Waals surface area contributed by atoms with Crippen LogP contribution in [-0.4, -0.2) is 21.0 Å². The number of aliphatic carboxylic acids is 1. The van der Waals surface area contributed by atoms with Crippen molar-refractivity contribution < 1.29 is 9.90 Å². The number of pyridine rings is 1. The highest BCUT2D eigenvalue weighted by molar-refractivity contribution is 7.10. The van der Waals surface area contributed by atoms with Crippen molar-refractivity contribution in [1.82, 2.24) is 15.3 Å². The van der Waals surface area contributed by atoms with Crippen LogP contribution in [0, 0.1) is 0 Å². The monoisotopic (exact) mass is 301 g/mol. The van der Waals surface area contributed by atoms with Gasteiger partial charge >= 0.3 is 5.97 Å². The van der Waals surface area contributed by atoms with Crippen molar-refractivity contribution in [1.29, 1.82) is 0 Å². The molecule has 0 radical (unpaired) electrons. The van der Waals surface area contributed by atoms with Gasteiger partial charge in [-0.1, -0.05) is 6.07 Å². The van der Waals surface area contributed by atoms with E-state index in [2.05, 4.69) is 15.3 Å². The fourth-order valence-corrected chi connectivity index (χ4v) is 3.13. The van der Waals surface area contributed by atoms with Gasteiger partial charge in [0.15, 0.2) is 0 Å². The summed E-state index contributed by atoms with van der Waals surface area (Å²) < 4.78 is 0. The van der Waals surface area contributed by atoms with Gasteiger partial charge in [-0.05, 0) is 29.1 Å². The molecule has 1 atom stereocenters. The molecule has 3 heterocycles. The van der Waals surface area contributed by atoms with Crippen molar-refractivity contribution in [2.24, 2.45) is 0 Å². The second-order valence-corrected chi connectivity index (χ2v) is 5.74. The number of carboxylic acids is 1. The minimum Gasteiger partial charge on any atom is -0.481 e. The Morgan fingerprint density at radius 2 is 2.33 bits per heavy atom. The molecule has 0 saturated heterocycles. The molecule has 3 aromatic heterocycles. The third-order valence-corrected chi connectivity index (χ3v) is 4.33. The lowest BCUT2D eigenvalue weighted by Gasteiger charge is -2.15. The van der Waals surface area contributed by atoms with Crippen molar-refractivity contribution in [3.8, 4) is 0 Å². The van der Waals surface area contributed by atoms with Gasteiger partial charge in [-0.3, -0.25) is 4.79 Å². The van der Waals surface area contributed by atoms with E-state index in [0.717, 1.165) is 21.5 Å². The van der Waals surface area contributed by atoms with Gasteiger partial charge in [0.1, 0.15) is 5.65 Å². The number of aromatic nitrogens is 2. The van der Waals surface area contributed by atoms with Gasteiger partial charge in [-0.25, -0.2) is 4.98 Å². The summed E-state index contributed by atoms with van der Waals surface area (Å²) in [5.74, 6) is -0.804. The Bertz CT molecular complexity index is 736. The van der Waals surface area contributed by atoms with E-state index < -0.39 is 5.97 Å². The van der Waals surface area contributed by atoms with E-state index in [1.54, 1.807) is 17.5 Å². The van der Waals surface area contributed by atoms with Crippen molar-refractivity contribution >= 4 is 28.3 Å². The molecule has 3 aromatic rings. The summed E-state index contributed by atoms with van der Waals surface area (Å²) in [5.41, 5.74) is 1.94. The van der Waals surface area contributed by atoms with E-state index in [-0.39, 0.29) is 12.5 Å². The second kappa shape index (κ2) is 6.07. The van der Waals surface area contributed by atoms with E-state index in [1.165, 1.54) is 0 Å². The van der Waals surface area contributed by atoms with Gasteiger partial charge in [0, 0.05) is 29.2 Å². The summed E-state index contributed by atoms with van der Waals surface area (Å²) >= 11 is 1.57. The topological polar surface area (TPSA) is 78.0 Å². The second-order valence-electron chi connectivity index (χ2n) is 4.76. The lowest BCUT2D eigenvalue weighted by Crippen LogP contribution is -2.22. The molecule has 0 aromatic carbocycles. The normalized spacial score (nSPS) is 12.6. The Balaban J connectivity index is 1.76. The first-order valence-electron chi connectivity index (χ1n) is 6.63. The van der Waals surface area contributed by atoms with E-state index >= 15 is 0 Å². The maximum absolute atomic E-state index is 11.0. The highest BCUT2D eigenvalue weighted by Crippen LogP contribution is 2.23. The smallest absolute Gasteiger partial charge is 0.305 e. The van der Waals surface area contributed by atoms with Gasteiger partial charge < -0.3 is 15.4 Å². The summed E-state index contributed by atoms with van der Waals surface area (Å²) in [6.45, 7) is 0.599. The lowest BCUT2D eigenvalue weighted by molar-refractivity contribution is -0.137. The summed E-state index contributed by atoms with van der Waals surface area (Å²) in [5, 5.41) is 15.4. The minimum atomic E-state index is -0.804. The number of hydrogen-bond acceptors (Lipinski definition) is 4. The average molecular weight is 301 g/mol. The Morgan fingerprint density at radius 1 is 1.43 bits per heavy atom. The Labute approximate surface area is 125 Å². The van der Waals surface area contributed by atoms with Gasteiger partial charge in [0.05, 0.1) is 12.5 Å². The molecule has 0 aliphatic rings. The number of thiophene rings is 1. The molecule has 0 aliphatic heterocycles. The van der Waals surface area contributed by atoms with Crippen LogP contribution in [0.3, 0.4) is 0 Å². The summed E-state index contributed by atoms with van der Waals surface area (Å²) in [4.78, 5) is 19.4. The number of carbonyl (C=O) groups is 1. The Morgan fingerprint density at radius 3 is 3.10 bits per heavy atom. The van der Waals surface area contributed by atoms with Crippen LogP contribution >= 0.6 is 11.3 Å². The molecular weight excluding hydrogens is 286 g/mol. The summed E-state index contributed by atoms with van der Waals surface area (Å²) in [7, 11) is 0. The molecule has 1 unspecified atom stereocenters. The zero-order valence-electron chi connectivity index (χ0n) is 11.2. The van der Waals surface area contributed by atoms with E-state index in [0.29, 0.717) is 6.54 Å². The Hall–Kier alpha value is -2.18. The molecule has 0 bridgehead atoms. The van der Waals surface area contributed by atoms with Crippen molar-refractivity contribution in [2.45, 2.75) is 19.0 Å². The molecule has 6 heteroatoms. The summed E-state index contributed by atoms with van der Waals surface area (Å²) in [6.07, 6.45) is 3.73. The molecule has 21 heavy (non-hydrogen) atoms. The molecule has 0 saturated carbocycles. The lowest BCUT2D eigenvalue weighted by atomic mass is 10.1. The molecular formula is C15H15N3O2S. The van der Waals surface area contributed by atoms with Crippen LogP contribution in [0.4, 0.5) is 0 Å². The molecule has 0 fully saturated rings. The van der Waals surface area contributed by atoms with Crippen LogP contribution < -0.4 is 5.32 Å². The van der Waals surface area contributed by atoms with Gasteiger partial charge in [0.2, 0.25) is 0 Å². The molecule has 3 N–H and O–H groups in total. The minimum absolute atomic E-state index is 0.0706. The highest BCUT2D eigenvalue weighted by atomic mass is 32.1. The molecule has 5 nitrogen and oxygen atoms in total. The number of rotatable bonds is 6.